The van der Waals surface area contributed by atoms with Crippen molar-refractivity contribution in [3.63, 3.8) is 0 Å². The molecule has 0 fully saturated rings. The molecule has 0 atom stereocenters. The second-order valence-electron chi connectivity index (χ2n) is 4.40. The Morgan fingerprint density at radius 2 is 2.00 bits per heavy atom. The monoisotopic (exact) mass is 259 g/mol. The zero-order valence-electron chi connectivity index (χ0n) is 11.4. The summed E-state index contributed by atoms with van der Waals surface area (Å²) in [5.41, 5.74) is 2.68. The van der Waals surface area contributed by atoms with Crippen molar-refractivity contribution in [2.24, 2.45) is 0 Å². The largest absolute Gasteiger partial charge is 0.463 e. The Morgan fingerprint density at radius 1 is 1.32 bits per heavy atom. The molecule has 19 heavy (non-hydrogen) atoms. The number of rotatable bonds is 4. The first-order valence-electron chi connectivity index (χ1n) is 6.30. The fourth-order valence-corrected chi connectivity index (χ4v) is 1.83. The molecule has 0 spiro atoms. The molecule has 0 radical (unpaired) electrons. The highest BCUT2D eigenvalue weighted by Gasteiger charge is 2.20. The van der Waals surface area contributed by atoms with E-state index in [1.165, 1.54) is 7.11 Å². The second-order valence-corrected chi connectivity index (χ2v) is 4.40. The van der Waals surface area contributed by atoms with Crippen molar-refractivity contribution in [2.75, 3.05) is 7.11 Å². The minimum Gasteiger partial charge on any atom is -0.463 e. The first-order valence-corrected chi connectivity index (χ1v) is 6.30. The number of aromatic nitrogens is 1. The van der Waals surface area contributed by atoms with Gasteiger partial charge >= 0.3 is 5.97 Å². The lowest BCUT2D eigenvalue weighted by Gasteiger charge is -1.96. The number of aryl methyl sites for hydroxylation is 2. The lowest BCUT2D eigenvalue weighted by molar-refractivity contribution is 0.0564. The molecule has 1 heterocycles. The van der Waals surface area contributed by atoms with Crippen molar-refractivity contribution in [1.29, 1.82) is 0 Å². The van der Waals surface area contributed by atoms with Crippen LogP contribution in [0.3, 0.4) is 0 Å². The van der Waals surface area contributed by atoms with Crippen molar-refractivity contribution in [1.82, 2.24) is 4.98 Å². The first-order chi connectivity index (χ1) is 9.15. The van der Waals surface area contributed by atoms with Gasteiger partial charge in [-0.3, -0.25) is 0 Å². The van der Waals surface area contributed by atoms with Crippen molar-refractivity contribution in [3.8, 4) is 11.5 Å². The van der Waals surface area contributed by atoms with E-state index in [0.717, 1.165) is 17.5 Å². The topological polar surface area (TPSA) is 52.3 Å². The molecule has 4 heteroatoms. The summed E-state index contributed by atoms with van der Waals surface area (Å²) in [5, 5.41) is 0. The minimum absolute atomic E-state index is 0.208. The SMILES string of the molecule is CCCc1nc(-c2ccc(C)cc2)oc1C(=O)OC. The van der Waals surface area contributed by atoms with Gasteiger partial charge in [-0.2, -0.15) is 0 Å². The van der Waals surface area contributed by atoms with Crippen LogP contribution < -0.4 is 0 Å². The van der Waals surface area contributed by atoms with Gasteiger partial charge in [-0.1, -0.05) is 31.0 Å². The molecule has 0 N–H and O–H groups in total. The summed E-state index contributed by atoms with van der Waals surface area (Å²) >= 11 is 0. The number of carbonyl (C=O) groups excluding carboxylic acids is 1. The van der Waals surface area contributed by atoms with E-state index in [1.807, 2.05) is 38.1 Å². The molecule has 0 amide bonds. The second kappa shape index (κ2) is 5.69. The van der Waals surface area contributed by atoms with Crippen LogP contribution in [-0.4, -0.2) is 18.1 Å². The van der Waals surface area contributed by atoms with Crippen LogP contribution in [0.1, 0.15) is 35.2 Å². The molecule has 0 unspecified atom stereocenters. The number of ether oxygens (including phenoxy) is 1. The summed E-state index contributed by atoms with van der Waals surface area (Å²) in [6, 6.07) is 7.82. The average molecular weight is 259 g/mol. The van der Waals surface area contributed by atoms with E-state index in [0.29, 0.717) is 18.0 Å². The average Bonchev–Trinajstić information content (AvgIpc) is 2.83. The van der Waals surface area contributed by atoms with Crippen molar-refractivity contribution >= 4 is 5.97 Å². The van der Waals surface area contributed by atoms with Crippen LogP contribution in [0, 0.1) is 6.92 Å². The van der Waals surface area contributed by atoms with Gasteiger partial charge in [0.2, 0.25) is 11.7 Å². The zero-order valence-corrected chi connectivity index (χ0v) is 11.4. The van der Waals surface area contributed by atoms with Gasteiger partial charge in [-0.25, -0.2) is 9.78 Å². The molecule has 0 saturated heterocycles. The number of carbonyl (C=O) groups is 1. The summed E-state index contributed by atoms with van der Waals surface area (Å²) < 4.78 is 10.3. The Hall–Kier alpha value is -2.10. The molecule has 2 aromatic rings. The van der Waals surface area contributed by atoms with E-state index in [1.54, 1.807) is 0 Å². The number of hydrogen-bond donors (Lipinski definition) is 0. The van der Waals surface area contributed by atoms with Crippen LogP contribution in [0.15, 0.2) is 28.7 Å². The molecule has 0 aliphatic rings. The maximum absolute atomic E-state index is 11.7. The highest BCUT2D eigenvalue weighted by atomic mass is 16.5. The summed E-state index contributed by atoms with van der Waals surface area (Å²) in [6.45, 7) is 4.04. The Kier molecular flexibility index (Phi) is 4.00. The third-order valence-electron chi connectivity index (χ3n) is 2.85. The molecule has 1 aromatic carbocycles. The van der Waals surface area contributed by atoms with E-state index in [2.05, 4.69) is 4.98 Å². The molecule has 0 aliphatic heterocycles. The quantitative estimate of drug-likeness (QED) is 0.790. The number of esters is 1. The molecule has 4 nitrogen and oxygen atoms in total. The lowest BCUT2D eigenvalue weighted by atomic mass is 10.1. The molecular weight excluding hydrogens is 242 g/mol. The maximum Gasteiger partial charge on any atom is 0.376 e. The Labute approximate surface area is 112 Å². The van der Waals surface area contributed by atoms with Crippen LogP contribution in [0.2, 0.25) is 0 Å². The van der Waals surface area contributed by atoms with E-state index in [4.69, 9.17) is 9.15 Å². The number of benzene rings is 1. The summed E-state index contributed by atoms with van der Waals surface area (Å²) in [5.74, 6) is 0.193. The van der Waals surface area contributed by atoms with Gasteiger partial charge in [0.15, 0.2) is 0 Å². The zero-order chi connectivity index (χ0) is 13.8. The normalized spacial score (nSPS) is 10.5. The van der Waals surface area contributed by atoms with Gasteiger partial charge < -0.3 is 9.15 Å². The third kappa shape index (κ3) is 2.84. The van der Waals surface area contributed by atoms with Crippen LogP contribution in [0.5, 0.6) is 0 Å². The van der Waals surface area contributed by atoms with E-state index in [-0.39, 0.29) is 5.76 Å². The van der Waals surface area contributed by atoms with Crippen LogP contribution in [0.4, 0.5) is 0 Å². The van der Waals surface area contributed by atoms with Crippen LogP contribution in [0.25, 0.3) is 11.5 Å². The van der Waals surface area contributed by atoms with Gasteiger partial charge in [0.25, 0.3) is 0 Å². The number of hydrogen-bond acceptors (Lipinski definition) is 4. The summed E-state index contributed by atoms with van der Waals surface area (Å²) in [7, 11) is 1.34. The Bertz CT molecular complexity index is 570. The van der Waals surface area contributed by atoms with Gasteiger partial charge in [0, 0.05) is 5.56 Å². The van der Waals surface area contributed by atoms with Gasteiger partial charge in [0.05, 0.1) is 12.8 Å². The highest BCUT2D eigenvalue weighted by molar-refractivity contribution is 5.87. The Balaban J connectivity index is 2.41. The Morgan fingerprint density at radius 3 is 2.58 bits per heavy atom. The van der Waals surface area contributed by atoms with Crippen molar-refractivity contribution < 1.29 is 13.9 Å². The third-order valence-corrected chi connectivity index (χ3v) is 2.85. The molecule has 100 valence electrons. The standard InChI is InChI=1S/C15H17NO3/c1-4-5-12-13(15(17)18-3)19-14(16-12)11-8-6-10(2)7-9-11/h6-9H,4-5H2,1-3H3. The molecular formula is C15H17NO3. The number of nitrogens with zero attached hydrogens (tertiary/aromatic N) is 1. The van der Waals surface area contributed by atoms with Crippen molar-refractivity contribution in [2.45, 2.75) is 26.7 Å². The number of oxazole rings is 1. The van der Waals surface area contributed by atoms with Crippen LogP contribution in [-0.2, 0) is 11.2 Å². The highest BCUT2D eigenvalue weighted by Crippen LogP contribution is 2.23. The predicted molar refractivity (Wildman–Crippen MR) is 72.0 cm³/mol. The van der Waals surface area contributed by atoms with Gasteiger partial charge in [-0.15, -0.1) is 0 Å². The smallest absolute Gasteiger partial charge is 0.376 e. The molecule has 0 aliphatic carbocycles. The van der Waals surface area contributed by atoms with Gasteiger partial charge in [0.1, 0.15) is 0 Å². The van der Waals surface area contributed by atoms with E-state index < -0.39 is 5.97 Å². The first kappa shape index (κ1) is 13.3. The van der Waals surface area contributed by atoms with Gasteiger partial charge in [-0.05, 0) is 25.5 Å². The molecule has 2 rings (SSSR count). The fourth-order valence-electron chi connectivity index (χ4n) is 1.83. The molecule has 0 saturated carbocycles. The fraction of sp³-hybridized carbons (Fsp3) is 0.333. The van der Waals surface area contributed by atoms with E-state index >= 15 is 0 Å². The number of methoxy groups -OCH3 is 1. The maximum atomic E-state index is 11.7. The predicted octanol–water partition coefficient (Wildman–Crippen LogP) is 3.39. The summed E-state index contributed by atoms with van der Waals surface area (Å²) in [6.07, 6.45) is 1.59. The van der Waals surface area contributed by atoms with E-state index in [9.17, 15) is 4.79 Å². The molecule has 1 aromatic heterocycles. The lowest BCUT2D eigenvalue weighted by Crippen LogP contribution is -2.03. The van der Waals surface area contributed by atoms with Crippen molar-refractivity contribution in [3.05, 3.63) is 41.3 Å². The van der Waals surface area contributed by atoms with Crippen LogP contribution >= 0.6 is 0 Å². The minimum atomic E-state index is -0.477. The summed E-state index contributed by atoms with van der Waals surface area (Å²) in [4.78, 5) is 16.1. The molecule has 0 bridgehead atoms.